The maximum Gasteiger partial charge on any atom is 0.405 e. The van der Waals surface area contributed by atoms with E-state index in [4.69, 9.17) is 10.7 Å². The van der Waals surface area contributed by atoms with Gasteiger partial charge in [-0.05, 0) is 18.2 Å². The molecule has 1 aromatic carbocycles. The quantitative estimate of drug-likeness (QED) is 0.820. The number of benzene rings is 1. The Balaban J connectivity index is 3.02. The first-order valence-electron chi connectivity index (χ1n) is 4.59. The van der Waals surface area contributed by atoms with Gasteiger partial charge in [-0.1, -0.05) is 15.9 Å². The zero-order chi connectivity index (χ0) is 14.8. The van der Waals surface area contributed by atoms with Crippen molar-refractivity contribution < 1.29 is 26.4 Å². The van der Waals surface area contributed by atoms with Crippen LogP contribution in [0.5, 0.6) is 0 Å². The summed E-state index contributed by atoms with van der Waals surface area (Å²) in [6, 6.07) is 3.19. The van der Waals surface area contributed by atoms with Crippen molar-refractivity contribution in [1.29, 1.82) is 0 Å². The summed E-state index contributed by atoms with van der Waals surface area (Å²) in [6.45, 7) is -1.51. The van der Waals surface area contributed by atoms with Crippen molar-refractivity contribution in [2.24, 2.45) is 0 Å². The zero-order valence-electron chi connectivity index (χ0n) is 8.96. The summed E-state index contributed by atoms with van der Waals surface area (Å²) >= 11 is 2.94. The van der Waals surface area contributed by atoms with Gasteiger partial charge in [0.1, 0.15) is 6.54 Å². The minimum atomic E-state index is -4.55. The van der Waals surface area contributed by atoms with Gasteiger partial charge in [-0.2, -0.15) is 13.2 Å². The Labute approximate surface area is 119 Å². The Kier molecular flexibility index (Phi) is 4.86. The van der Waals surface area contributed by atoms with Gasteiger partial charge in [-0.3, -0.25) is 4.79 Å². The molecule has 0 aliphatic heterocycles. The number of hydrogen-bond donors (Lipinski definition) is 1. The number of alkyl halides is 3. The Morgan fingerprint density at radius 1 is 1.32 bits per heavy atom. The molecule has 1 aromatic rings. The Morgan fingerprint density at radius 3 is 2.37 bits per heavy atom. The van der Waals surface area contributed by atoms with E-state index >= 15 is 0 Å². The Hall–Kier alpha value is -0.800. The molecule has 1 amide bonds. The van der Waals surface area contributed by atoms with Crippen LogP contribution in [0.25, 0.3) is 0 Å². The Bertz CT molecular complexity index is 603. The van der Waals surface area contributed by atoms with Crippen LogP contribution < -0.4 is 5.32 Å². The number of carbonyl (C=O) groups is 1. The summed E-state index contributed by atoms with van der Waals surface area (Å²) in [4.78, 5) is 11.1. The molecule has 0 atom stereocenters. The van der Waals surface area contributed by atoms with E-state index in [2.05, 4.69) is 15.9 Å². The Morgan fingerprint density at radius 2 is 1.89 bits per heavy atom. The van der Waals surface area contributed by atoms with E-state index in [-0.39, 0.29) is 14.9 Å². The first-order valence-corrected chi connectivity index (χ1v) is 7.69. The van der Waals surface area contributed by atoms with Crippen molar-refractivity contribution in [2.45, 2.75) is 11.1 Å². The lowest BCUT2D eigenvalue weighted by molar-refractivity contribution is -0.123. The summed E-state index contributed by atoms with van der Waals surface area (Å²) < 4.78 is 58.2. The monoisotopic (exact) mass is 379 g/mol. The van der Waals surface area contributed by atoms with Crippen LogP contribution in [0.4, 0.5) is 13.2 Å². The van der Waals surface area contributed by atoms with Gasteiger partial charge in [0, 0.05) is 20.7 Å². The average Bonchev–Trinajstić information content (AvgIpc) is 2.22. The lowest BCUT2D eigenvalue weighted by Crippen LogP contribution is -2.33. The minimum absolute atomic E-state index is 0.200. The third kappa shape index (κ3) is 5.37. The van der Waals surface area contributed by atoms with Gasteiger partial charge in [0.05, 0.1) is 4.90 Å². The largest absolute Gasteiger partial charge is 0.405 e. The molecule has 0 radical (unpaired) electrons. The van der Waals surface area contributed by atoms with E-state index < -0.39 is 27.7 Å². The number of amides is 1. The van der Waals surface area contributed by atoms with Crippen molar-refractivity contribution in [2.75, 3.05) is 6.54 Å². The minimum Gasteiger partial charge on any atom is -0.343 e. The zero-order valence-corrected chi connectivity index (χ0v) is 12.1. The molecule has 0 bridgehead atoms. The average molecular weight is 381 g/mol. The molecule has 0 fully saturated rings. The molecule has 1 N–H and O–H groups in total. The lowest BCUT2D eigenvalue weighted by atomic mass is 10.2. The standard InChI is InChI=1S/C9H6BrClF3NO3S/c10-6-1-5(2-7(3-6)19(11,17)18)8(16)15-4-9(12,13)14/h1-3H,4H2,(H,15,16). The maximum atomic E-state index is 11.9. The van der Waals surface area contributed by atoms with E-state index in [0.29, 0.717) is 0 Å². The van der Waals surface area contributed by atoms with Gasteiger partial charge in [0.25, 0.3) is 15.0 Å². The molecule has 0 spiro atoms. The predicted octanol–water partition coefficient (Wildman–Crippen LogP) is 2.67. The number of hydrogen-bond acceptors (Lipinski definition) is 3. The van der Waals surface area contributed by atoms with Gasteiger partial charge in [-0.25, -0.2) is 8.42 Å². The topological polar surface area (TPSA) is 63.2 Å². The van der Waals surface area contributed by atoms with E-state index in [1.165, 1.54) is 6.07 Å². The van der Waals surface area contributed by atoms with Crippen LogP contribution in [-0.2, 0) is 9.05 Å². The lowest BCUT2D eigenvalue weighted by Gasteiger charge is -2.09. The van der Waals surface area contributed by atoms with Gasteiger partial charge in [0.15, 0.2) is 0 Å². The van der Waals surface area contributed by atoms with Crippen LogP contribution in [0.2, 0.25) is 0 Å². The van der Waals surface area contributed by atoms with Crippen LogP contribution in [-0.4, -0.2) is 27.0 Å². The fourth-order valence-corrected chi connectivity index (χ4v) is 2.56. The van der Waals surface area contributed by atoms with Crippen LogP contribution in [0.1, 0.15) is 10.4 Å². The molecular formula is C9H6BrClF3NO3S. The van der Waals surface area contributed by atoms with E-state index in [1.54, 1.807) is 5.32 Å². The highest BCUT2D eigenvalue weighted by atomic mass is 79.9. The second-order valence-corrected chi connectivity index (χ2v) is 6.89. The number of carbonyl (C=O) groups excluding carboxylic acids is 1. The van der Waals surface area contributed by atoms with Crippen LogP contribution in [0.3, 0.4) is 0 Å². The summed E-state index contributed by atoms with van der Waals surface area (Å²) in [6.07, 6.45) is -4.55. The molecule has 0 aromatic heterocycles. The second kappa shape index (κ2) is 5.68. The number of halogens is 5. The third-order valence-corrected chi connectivity index (χ3v) is 3.66. The van der Waals surface area contributed by atoms with Crippen LogP contribution in [0.15, 0.2) is 27.6 Å². The van der Waals surface area contributed by atoms with Gasteiger partial charge >= 0.3 is 6.18 Å². The van der Waals surface area contributed by atoms with Crippen molar-refractivity contribution in [3.05, 3.63) is 28.2 Å². The molecule has 0 saturated heterocycles. The van der Waals surface area contributed by atoms with E-state index in [0.717, 1.165) is 12.1 Å². The SMILES string of the molecule is O=C(NCC(F)(F)F)c1cc(Br)cc(S(=O)(=O)Cl)c1. The second-order valence-electron chi connectivity index (χ2n) is 3.41. The highest BCUT2D eigenvalue weighted by Gasteiger charge is 2.28. The first-order chi connectivity index (χ1) is 8.49. The van der Waals surface area contributed by atoms with Crippen molar-refractivity contribution >= 4 is 41.6 Å². The van der Waals surface area contributed by atoms with E-state index in [9.17, 15) is 26.4 Å². The fourth-order valence-electron chi connectivity index (χ4n) is 1.12. The molecule has 19 heavy (non-hydrogen) atoms. The van der Waals surface area contributed by atoms with Gasteiger partial charge in [-0.15, -0.1) is 0 Å². The van der Waals surface area contributed by atoms with Crippen LogP contribution in [0, 0.1) is 0 Å². The van der Waals surface area contributed by atoms with E-state index in [1.807, 2.05) is 0 Å². The summed E-state index contributed by atoms with van der Waals surface area (Å²) in [5, 5.41) is 1.62. The van der Waals surface area contributed by atoms with Gasteiger partial charge in [0.2, 0.25) is 0 Å². The summed E-state index contributed by atoms with van der Waals surface area (Å²) in [7, 11) is 1.01. The highest BCUT2D eigenvalue weighted by molar-refractivity contribution is 9.10. The normalized spacial score (nSPS) is 12.3. The molecule has 0 saturated carbocycles. The first kappa shape index (κ1) is 16.3. The van der Waals surface area contributed by atoms with Crippen molar-refractivity contribution in [3.63, 3.8) is 0 Å². The fraction of sp³-hybridized carbons (Fsp3) is 0.222. The molecule has 0 aliphatic carbocycles. The van der Waals surface area contributed by atoms with Gasteiger partial charge < -0.3 is 5.32 Å². The predicted molar refractivity (Wildman–Crippen MR) is 65.6 cm³/mol. The van der Waals surface area contributed by atoms with Crippen molar-refractivity contribution in [3.8, 4) is 0 Å². The molecular weight excluding hydrogens is 375 g/mol. The summed E-state index contributed by atoms with van der Waals surface area (Å²) in [5.41, 5.74) is -0.252. The molecule has 0 heterocycles. The molecule has 0 unspecified atom stereocenters. The molecule has 10 heteroatoms. The number of nitrogens with one attached hydrogen (secondary N) is 1. The molecule has 4 nitrogen and oxygen atoms in total. The highest BCUT2D eigenvalue weighted by Crippen LogP contribution is 2.22. The maximum absolute atomic E-state index is 11.9. The molecule has 106 valence electrons. The third-order valence-electron chi connectivity index (χ3n) is 1.86. The molecule has 1 rings (SSSR count). The smallest absolute Gasteiger partial charge is 0.343 e. The molecule has 0 aliphatic rings. The van der Waals surface area contributed by atoms with Crippen molar-refractivity contribution in [1.82, 2.24) is 5.32 Å². The summed E-state index contributed by atoms with van der Waals surface area (Å²) in [5.74, 6) is -1.06. The number of rotatable bonds is 3. The van der Waals surface area contributed by atoms with Crippen LogP contribution >= 0.6 is 26.6 Å².